The van der Waals surface area contributed by atoms with Gasteiger partial charge in [0.15, 0.2) is 0 Å². The predicted molar refractivity (Wildman–Crippen MR) is 148 cm³/mol. The van der Waals surface area contributed by atoms with E-state index in [1.54, 1.807) is 7.11 Å². The highest BCUT2D eigenvalue weighted by Gasteiger charge is 2.68. The van der Waals surface area contributed by atoms with E-state index in [0.717, 1.165) is 25.1 Å². The third-order valence-corrected chi connectivity index (χ3v) is 9.22. The smallest absolute Gasteiger partial charge is 0.238 e. The lowest BCUT2D eigenvalue weighted by molar-refractivity contribution is -0.121. The molecule has 6 atom stereocenters. The Balaban J connectivity index is 1.10. The highest BCUT2D eigenvalue weighted by molar-refractivity contribution is 6.10. The molecule has 2 aromatic carbocycles. The van der Waals surface area contributed by atoms with Crippen LogP contribution in [0.15, 0.2) is 54.6 Å². The molecule has 2 heterocycles. The van der Waals surface area contributed by atoms with Crippen LogP contribution in [-0.4, -0.2) is 57.2 Å². The molecular weight excluding hydrogens is 460 g/mol. The summed E-state index contributed by atoms with van der Waals surface area (Å²) in [5, 5.41) is 0. The van der Waals surface area contributed by atoms with Gasteiger partial charge in [-0.25, -0.2) is 0 Å². The largest absolute Gasteiger partial charge is 0.383 e. The second-order valence-corrected chi connectivity index (χ2v) is 11.7. The zero-order valence-corrected chi connectivity index (χ0v) is 22.3. The van der Waals surface area contributed by atoms with Gasteiger partial charge in [-0.05, 0) is 80.3 Å². The Morgan fingerprint density at radius 1 is 1.11 bits per heavy atom. The zero-order valence-electron chi connectivity index (χ0n) is 22.3. The molecule has 6 rings (SSSR count). The van der Waals surface area contributed by atoms with Crippen molar-refractivity contribution in [3.05, 3.63) is 71.3 Å². The number of methoxy groups -OCH3 is 1. The van der Waals surface area contributed by atoms with E-state index >= 15 is 0 Å². The van der Waals surface area contributed by atoms with Crippen molar-refractivity contribution in [3.63, 3.8) is 0 Å². The Labute approximate surface area is 221 Å². The average Bonchev–Trinajstić information content (AvgIpc) is 3.47. The fourth-order valence-electron chi connectivity index (χ4n) is 7.37. The quantitative estimate of drug-likeness (QED) is 0.575. The lowest BCUT2D eigenvalue weighted by Gasteiger charge is -2.33. The first-order chi connectivity index (χ1) is 18.0. The molecule has 1 saturated heterocycles. The molecule has 4 aliphatic rings. The monoisotopic (exact) mass is 500 g/mol. The van der Waals surface area contributed by atoms with E-state index in [0.29, 0.717) is 48.9 Å². The van der Waals surface area contributed by atoms with Crippen molar-refractivity contribution in [3.8, 4) is 0 Å². The number of nitrogens with one attached hydrogen (secondary N) is 2. The number of hydrogen-bond donors (Lipinski definition) is 2. The molecule has 3 fully saturated rings. The van der Waals surface area contributed by atoms with Gasteiger partial charge in [0.25, 0.3) is 0 Å². The van der Waals surface area contributed by atoms with Gasteiger partial charge in [-0.3, -0.25) is 15.6 Å². The van der Waals surface area contributed by atoms with Crippen molar-refractivity contribution in [1.29, 1.82) is 0 Å². The number of fused-ring (bicyclic) bond motifs is 3. The lowest BCUT2D eigenvalue weighted by Crippen LogP contribution is -2.39. The number of carbonyl (C=O) groups excluding carboxylic acids is 1. The first-order valence-corrected chi connectivity index (χ1v) is 13.8. The molecule has 6 heteroatoms. The Bertz CT molecular complexity index is 1160. The Morgan fingerprint density at radius 2 is 1.92 bits per heavy atom. The van der Waals surface area contributed by atoms with Crippen LogP contribution in [0.4, 0.5) is 5.69 Å². The van der Waals surface area contributed by atoms with Gasteiger partial charge in [0.1, 0.15) is 0 Å². The number of benzene rings is 2. The first kappa shape index (κ1) is 24.8. The van der Waals surface area contributed by atoms with E-state index in [2.05, 4.69) is 84.5 Å². The molecule has 1 spiro atoms. The summed E-state index contributed by atoms with van der Waals surface area (Å²) in [6, 6.07) is 18.1. The molecule has 0 aromatic heterocycles. The predicted octanol–water partition coefficient (Wildman–Crippen LogP) is 3.97. The van der Waals surface area contributed by atoms with Gasteiger partial charge in [-0.1, -0.05) is 54.6 Å². The summed E-state index contributed by atoms with van der Waals surface area (Å²) >= 11 is 0. The normalized spacial score (nSPS) is 32.5. The van der Waals surface area contributed by atoms with Crippen molar-refractivity contribution in [2.75, 3.05) is 39.3 Å². The number of hydrogen-bond acceptors (Lipinski definition) is 5. The third kappa shape index (κ3) is 4.44. The van der Waals surface area contributed by atoms with Gasteiger partial charge in [-0.15, -0.1) is 0 Å². The molecule has 2 aromatic rings. The van der Waals surface area contributed by atoms with Crippen LogP contribution in [0.25, 0.3) is 6.08 Å². The van der Waals surface area contributed by atoms with E-state index in [9.17, 15) is 4.79 Å². The van der Waals surface area contributed by atoms with Gasteiger partial charge in [0.2, 0.25) is 5.91 Å². The molecule has 37 heavy (non-hydrogen) atoms. The van der Waals surface area contributed by atoms with Crippen LogP contribution in [0.2, 0.25) is 0 Å². The van der Waals surface area contributed by atoms with Crippen LogP contribution in [0.3, 0.4) is 0 Å². The van der Waals surface area contributed by atoms with Crippen LogP contribution in [0.1, 0.15) is 42.4 Å². The second-order valence-electron chi connectivity index (χ2n) is 11.7. The minimum Gasteiger partial charge on any atom is -0.383 e. The minimum absolute atomic E-state index is 0.299. The van der Waals surface area contributed by atoms with Gasteiger partial charge in [-0.2, -0.15) is 0 Å². The Kier molecular flexibility index (Phi) is 6.70. The number of anilines is 1. The van der Waals surface area contributed by atoms with Crippen molar-refractivity contribution < 1.29 is 9.53 Å². The number of carbonyl (C=O) groups is 1. The van der Waals surface area contributed by atoms with E-state index in [4.69, 9.17) is 4.74 Å². The van der Waals surface area contributed by atoms with E-state index in [1.165, 1.54) is 29.5 Å². The van der Waals surface area contributed by atoms with Crippen LogP contribution in [0, 0.1) is 17.8 Å². The molecule has 0 bridgehead atoms. The van der Waals surface area contributed by atoms with Gasteiger partial charge >= 0.3 is 0 Å². The molecular formula is C31H40N4O2. The molecule has 6 nitrogen and oxygen atoms in total. The molecule has 1 amide bonds. The maximum Gasteiger partial charge on any atom is 0.238 e. The molecule has 5 unspecified atom stereocenters. The van der Waals surface area contributed by atoms with E-state index < -0.39 is 0 Å². The van der Waals surface area contributed by atoms with Crippen molar-refractivity contribution in [2.24, 2.45) is 17.8 Å². The number of amides is 1. The highest BCUT2D eigenvalue weighted by Crippen LogP contribution is 2.66. The fraction of sp³-hybridized carbons (Fsp3) is 0.516. The topological polar surface area (TPSA) is 56.8 Å². The molecule has 2 aliphatic heterocycles. The van der Waals surface area contributed by atoms with Crippen molar-refractivity contribution >= 4 is 17.7 Å². The summed E-state index contributed by atoms with van der Waals surface area (Å²) < 4.78 is 5.31. The van der Waals surface area contributed by atoms with E-state index in [1.807, 2.05) is 11.0 Å². The maximum absolute atomic E-state index is 13.7. The SMILES string of the molecule is COCCN1C(=O)[C@@]2(CC2C2CCC3C(/C=C/c4ccc(CN(C)C)cc4)NNC3C2)c2ccccc21. The minimum atomic E-state index is -0.300. The molecule has 2 N–H and O–H groups in total. The molecule has 2 saturated carbocycles. The maximum atomic E-state index is 13.7. The third-order valence-electron chi connectivity index (χ3n) is 9.22. The van der Waals surface area contributed by atoms with Gasteiger partial charge in [0.05, 0.1) is 12.0 Å². The summed E-state index contributed by atoms with van der Waals surface area (Å²) in [6.07, 6.45) is 9.12. The van der Waals surface area contributed by atoms with Crippen LogP contribution in [0.5, 0.6) is 0 Å². The second kappa shape index (κ2) is 9.99. The van der Waals surface area contributed by atoms with Crippen molar-refractivity contribution in [1.82, 2.24) is 15.8 Å². The summed E-state index contributed by atoms with van der Waals surface area (Å²) in [5.74, 6) is 1.93. The molecule has 196 valence electrons. The summed E-state index contributed by atoms with van der Waals surface area (Å²) in [6.45, 7) is 2.17. The summed E-state index contributed by atoms with van der Waals surface area (Å²) in [4.78, 5) is 17.9. The van der Waals surface area contributed by atoms with Gasteiger partial charge in [0, 0.05) is 38.0 Å². The summed E-state index contributed by atoms with van der Waals surface area (Å²) in [7, 11) is 5.90. The average molecular weight is 501 g/mol. The number of nitrogens with zero attached hydrogens (tertiary/aromatic N) is 2. The highest BCUT2D eigenvalue weighted by atomic mass is 16.5. The number of ether oxygens (including phenoxy) is 1. The number of hydrazine groups is 1. The fourth-order valence-corrected chi connectivity index (χ4v) is 7.37. The lowest BCUT2D eigenvalue weighted by atomic mass is 9.73. The molecule has 0 radical (unpaired) electrons. The first-order valence-electron chi connectivity index (χ1n) is 13.8. The van der Waals surface area contributed by atoms with Crippen LogP contribution in [-0.2, 0) is 21.5 Å². The molecule has 2 aliphatic carbocycles. The van der Waals surface area contributed by atoms with Crippen LogP contribution < -0.4 is 15.8 Å². The van der Waals surface area contributed by atoms with Gasteiger partial charge < -0.3 is 14.5 Å². The summed E-state index contributed by atoms with van der Waals surface area (Å²) in [5.41, 5.74) is 11.8. The number of rotatable bonds is 8. The zero-order chi connectivity index (χ0) is 25.6. The Hall–Kier alpha value is -2.51. The van der Waals surface area contributed by atoms with Crippen molar-refractivity contribution in [2.45, 2.75) is 49.7 Å². The number of para-hydroxylation sites is 1. The van der Waals surface area contributed by atoms with E-state index in [-0.39, 0.29) is 5.41 Å². The standard InChI is InChI=1S/C31H40N4O2/c1-34(2)20-22-10-8-21(9-11-22)12-15-27-24-14-13-23(18-28(24)33-32-27)26-19-31(26)25-6-4-5-7-29(25)35(30(31)36)16-17-37-3/h4-12,15,23-24,26-28,32-33H,13-14,16-20H2,1-3H3/b15-12+/t23?,24?,26?,27?,28?,31-/m0/s1. The Morgan fingerprint density at radius 3 is 2.70 bits per heavy atom. The van der Waals surface area contributed by atoms with Crippen LogP contribution >= 0.6 is 0 Å².